The van der Waals surface area contributed by atoms with Gasteiger partial charge >= 0.3 is 0 Å². The number of aromatic nitrogens is 1. The molecule has 1 saturated heterocycles. The van der Waals surface area contributed by atoms with Gasteiger partial charge < -0.3 is 4.90 Å². The summed E-state index contributed by atoms with van der Waals surface area (Å²) in [5.41, 5.74) is 1.23. The summed E-state index contributed by atoms with van der Waals surface area (Å²) in [5, 5.41) is 0. The molecule has 1 amide bonds. The van der Waals surface area contributed by atoms with Crippen molar-refractivity contribution in [1.82, 2.24) is 14.8 Å². The molecule has 24 heavy (non-hydrogen) atoms. The predicted octanol–water partition coefficient (Wildman–Crippen LogP) is 3.08. The van der Waals surface area contributed by atoms with Crippen LogP contribution in [0.4, 0.5) is 0 Å². The lowest BCUT2D eigenvalue weighted by Crippen LogP contribution is -2.49. The van der Waals surface area contributed by atoms with Gasteiger partial charge in [-0.3, -0.25) is 14.7 Å². The lowest BCUT2D eigenvalue weighted by atomic mass is 10.1. The number of rotatable bonds is 5. The zero-order valence-corrected chi connectivity index (χ0v) is 14.8. The normalized spacial score (nSPS) is 16.8. The maximum Gasteiger partial charge on any atom is 0.233 e. The summed E-state index contributed by atoms with van der Waals surface area (Å²) < 4.78 is 0. The lowest BCUT2D eigenvalue weighted by Gasteiger charge is -2.38. The highest BCUT2D eigenvalue weighted by atomic mass is 32.2. The fourth-order valence-corrected chi connectivity index (χ4v) is 3.77. The Morgan fingerprint density at radius 1 is 1.12 bits per heavy atom. The number of benzene rings is 1. The standard InChI is InChI=1S/C19H23N3OS/c1-16(17-6-5-9-20-14-17)21-10-12-22(13-11-21)19(23)15-24-18-7-3-2-4-8-18/h2-9,14,16H,10-13,15H2,1H3. The predicted molar refractivity (Wildman–Crippen MR) is 98.0 cm³/mol. The summed E-state index contributed by atoms with van der Waals surface area (Å²) in [6, 6.07) is 14.5. The van der Waals surface area contributed by atoms with Crippen molar-refractivity contribution in [2.24, 2.45) is 0 Å². The van der Waals surface area contributed by atoms with Crippen molar-refractivity contribution in [3.05, 3.63) is 60.4 Å². The zero-order chi connectivity index (χ0) is 16.8. The number of pyridine rings is 1. The van der Waals surface area contributed by atoms with Gasteiger partial charge in [-0.15, -0.1) is 11.8 Å². The number of piperazine rings is 1. The molecule has 0 bridgehead atoms. The van der Waals surface area contributed by atoms with Gasteiger partial charge in [0, 0.05) is 49.5 Å². The monoisotopic (exact) mass is 341 g/mol. The van der Waals surface area contributed by atoms with E-state index < -0.39 is 0 Å². The second-order valence-corrected chi connectivity index (χ2v) is 7.03. The maximum absolute atomic E-state index is 12.4. The number of thioether (sulfide) groups is 1. The van der Waals surface area contributed by atoms with Crippen LogP contribution in [0.15, 0.2) is 59.8 Å². The van der Waals surface area contributed by atoms with E-state index in [9.17, 15) is 4.79 Å². The summed E-state index contributed by atoms with van der Waals surface area (Å²) in [4.78, 5) is 22.2. The molecule has 1 aliphatic rings. The highest BCUT2D eigenvalue weighted by Gasteiger charge is 2.24. The van der Waals surface area contributed by atoms with Gasteiger partial charge in [-0.2, -0.15) is 0 Å². The minimum atomic E-state index is 0.234. The summed E-state index contributed by atoms with van der Waals surface area (Å²) in [6.45, 7) is 5.65. The molecule has 1 aromatic heterocycles. The Bertz CT molecular complexity index is 642. The number of hydrogen-bond donors (Lipinski definition) is 0. The Morgan fingerprint density at radius 3 is 2.54 bits per heavy atom. The molecule has 0 aliphatic carbocycles. The molecule has 2 aromatic rings. The molecule has 0 saturated carbocycles. The second-order valence-electron chi connectivity index (χ2n) is 5.98. The molecule has 1 unspecified atom stereocenters. The van der Waals surface area contributed by atoms with Crippen molar-refractivity contribution in [2.45, 2.75) is 17.9 Å². The minimum absolute atomic E-state index is 0.234. The summed E-state index contributed by atoms with van der Waals surface area (Å²) in [5.74, 6) is 0.750. The van der Waals surface area contributed by atoms with Gasteiger partial charge in [0.15, 0.2) is 0 Å². The number of carbonyl (C=O) groups excluding carboxylic acids is 1. The topological polar surface area (TPSA) is 36.4 Å². The van der Waals surface area contributed by atoms with E-state index in [4.69, 9.17) is 0 Å². The molecule has 1 aromatic carbocycles. The van der Waals surface area contributed by atoms with Crippen molar-refractivity contribution < 1.29 is 4.79 Å². The van der Waals surface area contributed by atoms with Gasteiger partial charge in [-0.05, 0) is 30.7 Å². The maximum atomic E-state index is 12.4. The van der Waals surface area contributed by atoms with E-state index in [0.717, 1.165) is 31.1 Å². The first-order valence-corrected chi connectivity index (χ1v) is 9.32. The Hall–Kier alpha value is -1.85. The zero-order valence-electron chi connectivity index (χ0n) is 14.0. The van der Waals surface area contributed by atoms with Crippen molar-refractivity contribution in [1.29, 1.82) is 0 Å². The molecule has 3 rings (SSSR count). The first-order valence-electron chi connectivity index (χ1n) is 8.33. The first kappa shape index (κ1) is 17.0. The highest BCUT2D eigenvalue weighted by Crippen LogP contribution is 2.22. The molecule has 2 heterocycles. The number of hydrogen-bond acceptors (Lipinski definition) is 4. The van der Waals surface area contributed by atoms with E-state index in [2.05, 4.69) is 22.9 Å². The molecular formula is C19H23N3OS. The van der Waals surface area contributed by atoms with E-state index in [1.807, 2.05) is 47.5 Å². The average molecular weight is 341 g/mol. The van der Waals surface area contributed by atoms with Crippen LogP contribution >= 0.6 is 11.8 Å². The van der Waals surface area contributed by atoms with Crippen molar-refractivity contribution >= 4 is 17.7 Å². The van der Waals surface area contributed by atoms with Crippen molar-refractivity contribution in [3.63, 3.8) is 0 Å². The molecule has 1 aliphatic heterocycles. The van der Waals surface area contributed by atoms with Crippen LogP contribution in [0.1, 0.15) is 18.5 Å². The largest absolute Gasteiger partial charge is 0.339 e. The quantitative estimate of drug-likeness (QED) is 0.783. The van der Waals surface area contributed by atoms with Gasteiger partial charge in [0.1, 0.15) is 0 Å². The van der Waals surface area contributed by atoms with Gasteiger partial charge in [0.05, 0.1) is 5.75 Å². The molecule has 0 spiro atoms. The summed E-state index contributed by atoms with van der Waals surface area (Å²) in [7, 11) is 0. The first-order chi connectivity index (χ1) is 11.7. The molecule has 1 atom stereocenters. The van der Waals surface area contributed by atoms with Crippen LogP contribution in [-0.2, 0) is 4.79 Å². The van der Waals surface area contributed by atoms with Crippen molar-refractivity contribution in [2.75, 3.05) is 31.9 Å². The molecule has 0 N–H and O–H groups in total. The molecule has 4 nitrogen and oxygen atoms in total. The Labute approximate surface area is 147 Å². The van der Waals surface area contributed by atoms with Gasteiger partial charge in [0.2, 0.25) is 5.91 Å². The fraction of sp³-hybridized carbons (Fsp3) is 0.368. The van der Waals surface area contributed by atoms with Crippen LogP contribution in [-0.4, -0.2) is 52.6 Å². The van der Waals surface area contributed by atoms with Gasteiger partial charge in [-0.1, -0.05) is 24.3 Å². The van der Waals surface area contributed by atoms with Crippen LogP contribution in [0.3, 0.4) is 0 Å². The van der Waals surface area contributed by atoms with E-state index in [0.29, 0.717) is 11.8 Å². The van der Waals surface area contributed by atoms with Crippen LogP contribution in [0.5, 0.6) is 0 Å². The van der Waals surface area contributed by atoms with E-state index in [-0.39, 0.29) is 5.91 Å². The highest BCUT2D eigenvalue weighted by molar-refractivity contribution is 8.00. The SMILES string of the molecule is CC(c1cccnc1)N1CCN(C(=O)CSc2ccccc2)CC1. The second kappa shape index (κ2) is 8.31. The molecule has 5 heteroatoms. The van der Waals surface area contributed by atoms with Crippen LogP contribution in [0, 0.1) is 0 Å². The minimum Gasteiger partial charge on any atom is -0.339 e. The van der Waals surface area contributed by atoms with Gasteiger partial charge in [0.25, 0.3) is 0 Å². The fourth-order valence-electron chi connectivity index (χ4n) is 2.95. The summed E-state index contributed by atoms with van der Waals surface area (Å²) >= 11 is 1.61. The van der Waals surface area contributed by atoms with E-state index in [1.54, 1.807) is 18.0 Å². The van der Waals surface area contributed by atoms with Gasteiger partial charge in [-0.25, -0.2) is 0 Å². The molecular weight excluding hydrogens is 318 g/mol. The average Bonchev–Trinajstić information content (AvgIpc) is 2.67. The Kier molecular flexibility index (Phi) is 5.88. The van der Waals surface area contributed by atoms with E-state index >= 15 is 0 Å². The van der Waals surface area contributed by atoms with Crippen LogP contribution in [0.2, 0.25) is 0 Å². The number of carbonyl (C=O) groups is 1. The third kappa shape index (κ3) is 4.36. The van der Waals surface area contributed by atoms with Crippen molar-refractivity contribution in [3.8, 4) is 0 Å². The third-order valence-corrected chi connectivity index (χ3v) is 5.48. The Morgan fingerprint density at radius 2 is 1.88 bits per heavy atom. The number of nitrogens with zero attached hydrogens (tertiary/aromatic N) is 3. The molecule has 1 fully saturated rings. The third-order valence-electron chi connectivity index (χ3n) is 4.49. The smallest absolute Gasteiger partial charge is 0.233 e. The number of amides is 1. The molecule has 126 valence electrons. The summed E-state index contributed by atoms with van der Waals surface area (Å²) in [6.07, 6.45) is 3.73. The van der Waals surface area contributed by atoms with E-state index in [1.165, 1.54) is 5.56 Å². The molecule has 0 radical (unpaired) electrons. The lowest BCUT2D eigenvalue weighted by molar-refractivity contribution is -0.130. The van der Waals surface area contributed by atoms with Crippen LogP contribution < -0.4 is 0 Å². The Balaban J connectivity index is 1.47. The van der Waals surface area contributed by atoms with Crippen LogP contribution in [0.25, 0.3) is 0 Å².